The van der Waals surface area contributed by atoms with Crippen LogP contribution in [0.4, 0.5) is 5.82 Å². The Labute approximate surface area is 216 Å². The van der Waals surface area contributed by atoms with Crippen LogP contribution < -0.4 is 10.0 Å². The Morgan fingerprint density at radius 2 is 2.03 bits per heavy atom. The molecule has 11 nitrogen and oxygen atoms in total. The van der Waals surface area contributed by atoms with E-state index in [9.17, 15) is 18.3 Å². The molecule has 3 atom stereocenters. The molecule has 1 fully saturated rings. The number of carbonyl (C=O) groups excluding carboxylic acids is 1. The van der Waals surface area contributed by atoms with Gasteiger partial charge in [-0.2, -0.15) is 18.2 Å². The minimum Gasteiger partial charge on any atom is -0.390 e. The molecule has 198 valence electrons. The van der Waals surface area contributed by atoms with E-state index in [0.717, 1.165) is 5.56 Å². The van der Waals surface area contributed by atoms with E-state index in [1.807, 2.05) is 12.1 Å². The fourth-order valence-electron chi connectivity index (χ4n) is 4.25. The Kier molecular flexibility index (Phi) is 7.74. The van der Waals surface area contributed by atoms with Gasteiger partial charge in [0.05, 0.1) is 18.2 Å². The topological polar surface area (TPSA) is 148 Å². The molecule has 4 rings (SSSR count). The molecule has 1 saturated carbocycles. The summed E-state index contributed by atoms with van der Waals surface area (Å²) in [6.45, 7) is 7.00. The predicted octanol–water partition coefficient (Wildman–Crippen LogP) is 2.03. The van der Waals surface area contributed by atoms with Crippen molar-refractivity contribution in [3.05, 3.63) is 71.4 Å². The smallest absolute Gasteiger partial charge is 0.335 e. The highest BCUT2D eigenvalue weighted by Crippen LogP contribution is 2.28. The maximum absolute atomic E-state index is 13.3. The highest BCUT2D eigenvalue weighted by Gasteiger charge is 2.37. The molecule has 2 aromatic heterocycles. The molecule has 3 N–H and O–H groups in total. The van der Waals surface area contributed by atoms with Crippen LogP contribution in [0.25, 0.3) is 0 Å². The summed E-state index contributed by atoms with van der Waals surface area (Å²) in [5.74, 6) is -0.0730. The summed E-state index contributed by atoms with van der Waals surface area (Å²) in [5.41, 5.74) is 2.80. The first-order chi connectivity index (χ1) is 17.4. The summed E-state index contributed by atoms with van der Waals surface area (Å²) in [5, 5.41) is 17.9. The molecule has 1 aromatic carbocycles. The van der Waals surface area contributed by atoms with E-state index in [0.29, 0.717) is 6.54 Å². The van der Waals surface area contributed by atoms with Gasteiger partial charge < -0.3 is 10.4 Å². The number of aromatic nitrogens is 4. The molecule has 2 heterocycles. The van der Waals surface area contributed by atoms with Crippen LogP contribution >= 0.6 is 0 Å². The minimum absolute atomic E-state index is 0.0284. The van der Waals surface area contributed by atoms with E-state index >= 15 is 0 Å². The molecule has 1 aliphatic rings. The summed E-state index contributed by atoms with van der Waals surface area (Å²) in [6, 6.07) is 9.59. The molecule has 1 aliphatic carbocycles. The van der Waals surface area contributed by atoms with Gasteiger partial charge in [0, 0.05) is 25.5 Å². The number of hydrogen-bond donors (Lipinski definition) is 3. The molecule has 0 unspecified atom stereocenters. The van der Waals surface area contributed by atoms with E-state index in [4.69, 9.17) is 4.18 Å². The van der Waals surface area contributed by atoms with E-state index in [1.54, 1.807) is 16.9 Å². The molecule has 0 bridgehead atoms. The molecular weight excluding hydrogens is 496 g/mol. The number of benzene rings is 1. The minimum atomic E-state index is -3.95. The third-order valence-corrected chi connectivity index (χ3v) is 7.28. The number of aliphatic hydroxyl groups excluding tert-OH is 1. The third kappa shape index (κ3) is 6.58. The summed E-state index contributed by atoms with van der Waals surface area (Å²) in [6.07, 6.45) is 3.01. The Balaban J connectivity index is 1.46. The maximum Gasteiger partial charge on any atom is 0.335 e. The normalized spacial score (nSPS) is 20.2. The van der Waals surface area contributed by atoms with Gasteiger partial charge in [-0.3, -0.25) is 13.7 Å². The van der Waals surface area contributed by atoms with Crippen molar-refractivity contribution in [2.45, 2.75) is 63.8 Å². The number of hydrogen-bond acceptors (Lipinski definition) is 9. The van der Waals surface area contributed by atoms with Crippen molar-refractivity contribution in [2.24, 2.45) is 0 Å². The van der Waals surface area contributed by atoms with Gasteiger partial charge in [-0.05, 0) is 35.4 Å². The lowest BCUT2D eigenvalue weighted by molar-refractivity contribution is 0.0636. The summed E-state index contributed by atoms with van der Waals surface area (Å²) < 4.78 is 32.2. The quantitative estimate of drug-likeness (QED) is 0.355. The summed E-state index contributed by atoms with van der Waals surface area (Å²) in [4.78, 5) is 21.5. The zero-order valence-corrected chi connectivity index (χ0v) is 22.1. The number of nitrogens with zero attached hydrogens (tertiary/aromatic N) is 4. The van der Waals surface area contributed by atoms with Crippen molar-refractivity contribution in [3.63, 3.8) is 0 Å². The Morgan fingerprint density at radius 1 is 1.24 bits per heavy atom. The lowest BCUT2D eigenvalue weighted by Gasteiger charge is -2.19. The average molecular weight is 529 g/mol. The standard InChI is InChI=1S/C25H32N6O5S/c1-25(2,3)17-7-5-6-16(10-17)14-31-9-8-20(30-31)23(33)19-13-27-15-28-24(19)29-18-11-21(32)22(12-18)36-37(34,35)26-4/h5-10,13,15,18,21-22,26,32H,11-12,14H2,1-4H3,(H,27,28,29)/t18-,21+,22-/m1/s1. The fourth-order valence-corrected chi connectivity index (χ4v) is 4.87. The molecule has 37 heavy (non-hydrogen) atoms. The third-order valence-electron chi connectivity index (χ3n) is 6.28. The van der Waals surface area contributed by atoms with Crippen molar-refractivity contribution in [3.8, 4) is 0 Å². The zero-order chi connectivity index (χ0) is 26.8. The zero-order valence-electron chi connectivity index (χ0n) is 21.2. The van der Waals surface area contributed by atoms with E-state index < -0.39 is 22.5 Å². The van der Waals surface area contributed by atoms with Gasteiger partial charge >= 0.3 is 10.3 Å². The van der Waals surface area contributed by atoms with Gasteiger partial charge in [0.2, 0.25) is 5.78 Å². The lowest BCUT2D eigenvalue weighted by atomic mass is 9.86. The van der Waals surface area contributed by atoms with Crippen molar-refractivity contribution in [2.75, 3.05) is 12.4 Å². The largest absolute Gasteiger partial charge is 0.390 e. The summed E-state index contributed by atoms with van der Waals surface area (Å²) in [7, 11) is -2.72. The Morgan fingerprint density at radius 3 is 2.76 bits per heavy atom. The number of nitrogens with one attached hydrogen (secondary N) is 2. The van der Waals surface area contributed by atoms with Crippen molar-refractivity contribution >= 4 is 21.9 Å². The second-order valence-electron chi connectivity index (χ2n) is 10.1. The first-order valence-corrected chi connectivity index (χ1v) is 13.4. The number of rotatable bonds is 9. The Hall–Kier alpha value is -3.19. The van der Waals surface area contributed by atoms with Crippen LogP contribution in [0.3, 0.4) is 0 Å². The van der Waals surface area contributed by atoms with Gasteiger partial charge in [-0.1, -0.05) is 45.0 Å². The van der Waals surface area contributed by atoms with Crippen LogP contribution in [-0.4, -0.2) is 64.4 Å². The summed E-state index contributed by atoms with van der Waals surface area (Å²) >= 11 is 0. The molecule has 0 saturated heterocycles. The van der Waals surface area contributed by atoms with Gasteiger partial charge in [-0.15, -0.1) is 0 Å². The van der Waals surface area contributed by atoms with Crippen LogP contribution in [0.1, 0.15) is 60.8 Å². The van der Waals surface area contributed by atoms with E-state index in [2.05, 4.69) is 58.0 Å². The predicted molar refractivity (Wildman–Crippen MR) is 137 cm³/mol. The first kappa shape index (κ1) is 26.9. The molecule has 0 spiro atoms. The van der Waals surface area contributed by atoms with Gasteiger partial charge in [0.25, 0.3) is 0 Å². The van der Waals surface area contributed by atoms with Crippen LogP contribution in [0.5, 0.6) is 0 Å². The molecule has 0 amide bonds. The second kappa shape index (κ2) is 10.7. The van der Waals surface area contributed by atoms with Crippen molar-refractivity contribution < 1.29 is 22.5 Å². The SMILES string of the molecule is CNS(=O)(=O)O[C@@H]1C[C@H](Nc2ncncc2C(=O)c2ccn(Cc3cccc(C(C)(C)C)c3)n2)C[C@@H]1O. The van der Waals surface area contributed by atoms with Crippen molar-refractivity contribution in [1.82, 2.24) is 24.5 Å². The first-order valence-electron chi connectivity index (χ1n) is 12.0. The van der Waals surface area contributed by atoms with Crippen LogP contribution in [0.2, 0.25) is 0 Å². The fraction of sp³-hybridized carbons (Fsp3) is 0.440. The molecule has 0 aliphatic heterocycles. The van der Waals surface area contributed by atoms with Crippen LogP contribution in [0, 0.1) is 0 Å². The van der Waals surface area contributed by atoms with Gasteiger partial charge in [-0.25, -0.2) is 9.97 Å². The molecular formula is C25H32N6O5S. The maximum atomic E-state index is 13.3. The second-order valence-corrected chi connectivity index (χ2v) is 11.6. The number of anilines is 1. The lowest BCUT2D eigenvalue weighted by Crippen LogP contribution is -2.31. The van der Waals surface area contributed by atoms with Crippen LogP contribution in [0.15, 0.2) is 49.1 Å². The van der Waals surface area contributed by atoms with Crippen LogP contribution in [-0.2, 0) is 26.4 Å². The molecule has 0 radical (unpaired) electrons. The highest BCUT2D eigenvalue weighted by atomic mass is 32.2. The number of carbonyl (C=O) groups is 1. The van der Waals surface area contributed by atoms with E-state index in [-0.39, 0.29) is 47.2 Å². The van der Waals surface area contributed by atoms with E-state index in [1.165, 1.54) is 25.1 Å². The molecule has 12 heteroatoms. The number of ketones is 1. The highest BCUT2D eigenvalue weighted by molar-refractivity contribution is 7.84. The number of aliphatic hydroxyl groups is 1. The van der Waals surface area contributed by atoms with Gasteiger partial charge in [0.1, 0.15) is 23.9 Å². The molecule has 3 aromatic rings. The monoisotopic (exact) mass is 528 g/mol. The average Bonchev–Trinajstić information content (AvgIpc) is 3.44. The van der Waals surface area contributed by atoms with Crippen molar-refractivity contribution in [1.29, 1.82) is 0 Å². The Bertz CT molecular complexity index is 1370. The van der Waals surface area contributed by atoms with Gasteiger partial charge in [0.15, 0.2) is 0 Å².